The molecule has 5 nitrogen and oxygen atoms in total. The Labute approximate surface area is 123 Å². The predicted molar refractivity (Wildman–Crippen MR) is 76.6 cm³/mol. The summed E-state index contributed by atoms with van der Waals surface area (Å²) < 4.78 is 18.6. The lowest BCUT2D eigenvalue weighted by Crippen LogP contribution is -2.55. The number of aliphatic carboxylic acids is 1. The lowest BCUT2D eigenvalue weighted by Gasteiger charge is -2.43. The van der Waals surface area contributed by atoms with E-state index in [9.17, 15) is 14.3 Å². The maximum Gasteiger partial charge on any atom is 0.329 e. The fourth-order valence-corrected chi connectivity index (χ4v) is 2.47. The summed E-state index contributed by atoms with van der Waals surface area (Å²) in [6.07, 6.45) is 1.58. The van der Waals surface area contributed by atoms with E-state index in [1.165, 1.54) is 12.1 Å². The first-order valence-corrected chi connectivity index (χ1v) is 6.98. The van der Waals surface area contributed by atoms with E-state index in [2.05, 4.69) is 10.3 Å². The minimum absolute atomic E-state index is 0.154. The molecule has 2 heterocycles. The molecular weight excluding hydrogens is 275 g/mol. The van der Waals surface area contributed by atoms with E-state index in [1.807, 2.05) is 20.8 Å². The Hall–Kier alpha value is -1.69. The summed E-state index contributed by atoms with van der Waals surface area (Å²) in [4.78, 5) is 15.7. The van der Waals surface area contributed by atoms with E-state index in [4.69, 9.17) is 4.74 Å². The Balaban J connectivity index is 2.24. The summed E-state index contributed by atoms with van der Waals surface area (Å²) >= 11 is 0. The number of hydrogen-bond donors (Lipinski definition) is 2. The average Bonchev–Trinajstić information content (AvgIpc) is 2.40. The SMILES string of the molecule is CC(C)(C)C1CC(Nc2ccc(F)cn2)(C(=O)O)CCO1. The molecule has 6 heteroatoms. The van der Waals surface area contributed by atoms with E-state index < -0.39 is 17.3 Å². The molecule has 0 saturated carbocycles. The molecule has 0 aromatic carbocycles. The smallest absolute Gasteiger partial charge is 0.329 e. The minimum Gasteiger partial charge on any atom is -0.480 e. The topological polar surface area (TPSA) is 71.5 Å². The molecule has 0 spiro atoms. The molecule has 116 valence electrons. The van der Waals surface area contributed by atoms with Crippen LogP contribution >= 0.6 is 0 Å². The summed E-state index contributed by atoms with van der Waals surface area (Å²) in [5.41, 5.74) is -1.29. The second-order valence-corrected chi connectivity index (χ2v) is 6.55. The summed E-state index contributed by atoms with van der Waals surface area (Å²) in [6.45, 7) is 6.42. The van der Waals surface area contributed by atoms with Crippen LogP contribution in [0.2, 0.25) is 0 Å². The molecule has 2 atom stereocenters. The van der Waals surface area contributed by atoms with Gasteiger partial charge in [0.25, 0.3) is 0 Å². The van der Waals surface area contributed by atoms with Crippen LogP contribution < -0.4 is 5.32 Å². The Kier molecular flexibility index (Phi) is 4.18. The van der Waals surface area contributed by atoms with Crippen molar-refractivity contribution in [3.05, 3.63) is 24.1 Å². The molecule has 0 bridgehead atoms. The number of aromatic nitrogens is 1. The third-order valence-corrected chi connectivity index (χ3v) is 3.85. The summed E-state index contributed by atoms with van der Waals surface area (Å²) in [5.74, 6) is -1.04. The van der Waals surface area contributed by atoms with Gasteiger partial charge in [-0.15, -0.1) is 0 Å². The Morgan fingerprint density at radius 1 is 1.52 bits per heavy atom. The first-order chi connectivity index (χ1) is 9.73. The van der Waals surface area contributed by atoms with E-state index >= 15 is 0 Å². The number of carbonyl (C=O) groups is 1. The number of carboxylic acids is 1. The highest BCUT2D eigenvalue weighted by Crippen LogP contribution is 2.36. The van der Waals surface area contributed by atoms with Crippen LogP contribution in [0.15, 0.2) is 18.3 Å². The molecule has 21 heavy (non-hydrogen) atoms. The maximum absolute atomic E-state index is 12.9. The second-order valence-electron chi connectivity index (χ2n) is 6.55. The Morgan fingerprint density at radius 3 is 2.76 bits per heavy atom. The van der Waals surface area contributed by atoms with Gasteiger partial charge >= 0.3 is 5.97 Å². The van der Waals surface area contributed by atoms with Crippen molar-refractivity contribution in [1.82, 2.24) is 4.98 Å². The van der Waals surface area contributed by atoms with Gasteiger partial charge in [0, 0.05) is 19.4 Å². The monoisotopic (exact) mass is 296 g/mol. The van der Waals surface area contributed by atoms with Crippen molar-refractivity contribution in [3.63, 3.8) is 0 Å². The number of halogens is 1. The molecule has 0 aliphatic carbocycles. The van der Waals surface area contributed by atoms with Crippen molar-refractivity contribution in [3.8, 4) is 0 Å². The Morgan fingerprint density at radius 2 is 2.24 bits per heavy atom. The zero-order valence-electron chi connectivity index (χ0n) is 12.5. The van der Waals surface area contributed by atoms with Crippen molar-refractivity contribution >= 4 is 11.8 Å². The van der Waals surface area contributed by atoms with Crippen LogP contribution in [0.25, 0.3) is 0 Å². The molecule has 1 saturated heterocycles. The van der Waals surface area contributed by atoms with Crippen molar-refractivity contribution < 1.29 is 19.0 Å². The highest BCUT2D eigenvalue weighted by Gasteiger charge is 2.46. The van der Waals surface area contributed by atoms with E-state index in [0.29, 0.717) is 25.3 Å². The molecule has 1 aliphatic rings. The number of rotatable bonds is 3. The molecule has 0 amide bonds. The zero-order valence-corrected chi connectivity index (χ0v) is 12.5. The van der Waals surface area contributed by atoms with Crippen molar-refractivity contribution in [2.24, 2.45) is 5.41 Å². The number of nitrogens with zero attached hydrogens (tertiary/aromatic N) is 1. The summed E-state index contributed by atoms with van der Waals surface area (Å²) in [5, 5.41) is 12.6. The second kappa shape index (κ2) is 5.60. The molecule has 2 N–H and O–H groups in total. The quantitative estimate of drug-likeness (QED) is 0.897. The van der Waals surface area contributed by atoms with Crippen LogP contribution in [0.1, 0.15) is 33.6 Å². The molecule has 2 rings (SSSR count). The lowest BCUT2D eigenvalue weighted by atomic mass is 9.77. The molecule has 1 aliphatic heterocycles. The van der Waals surface area contributed by atoms with Crippen LogP contribution in [0.5, 0.6) is 0 Å². The minimum atomic E-state index is -1.14. The fourth-order valence-electron chi connectivity index (χ4n) is 2.47. The van der Waals surface area contributed by atoms with Crippen molar-refractivity contribution in [1.29, 1.82) is 0 Å². The van der Waals surface area contributed by atoms with Gasteiger partial charge in [0.2, 0.25) is 0 Å². The van der Waals surface area contributed by atoms with E-state index in [0.717, 1.165) is 6.20 Å². The molecular formula is C15H21FN2O3. The van der Waals surface area contributed by atoms with Crippen LogP contribution in [-0.2, 0) is 9.53 Å². The molecule has 1 aromatic heterocycles. The largest absolute Gasteiger partial charge is 0.480 e. The third-order valence-electron chi connectivity index (χ3n) is 3.85. The van der Waals surface area contributed by atoms with Gasteiger partial charge in [-0.2, -0.15) is 0 Å². The van der Waals surface area contributed by atoms with Gasteiger partial charge in [0.15, 0.2) is 0 Å². The Bertz CT molecular complexity index is 513. The molecule has 2 unspecified atom stereocenters. The van der Waals surface area contributed by atoms with Crippen LogP contribution in [0.4, 0.5) is 10.2 Å². The van der Waals surface area contributed by atoms with Crippen molar-refractivity contribution in [2.75, 3.05) is 11.9 Å². The van der Waals surface area contributed by atoms with Gasteiger partial charge in [-0.05, 0) is 17.5 Å². The van der Waals surface area contributed by atoms with Gasteiger partial charge in [0.05, 0.1) is 12.3 Å². The predicted octanol–water partition coefficient (Wildman–Crippen LogP) is 2.68. The summed E-state index contributed by atoms with van der Waals surface area (Å²) in [7, 11) is 0. The molecule has 0 radical (unpaired) electrons. The van der Waals surface area contributed by atoms with Gasteiger partial charge in [0.1, 0.15) is 17.2 Å². The molecule has 1 fully saturated rings. The zero-order chi connectivity index (χ0) is 15.7. The highest BCUT2D eigenvalue weighted by molar-refractivity contribution is 5.82. The number of hydrogen-bond acceptors (Lipinski definition) is 4. The van der Waals surface area contributed by atoms with Gasteiger partial charge in [-0.3, -0.25) is 0 Å². The lowest BCUT2D eigenvalue weighted by molar-refractivity contribution is -0.151. The number of nitrogens with one attached hydrogen (secondary N) is 1. The number of anilines is 1. The van der Waals surface area contributed by atoms with Gasteiger partial charge in [-0.25, -0.2) is 14.2 Å². The van der Waals surface area contributed by atoms with Crippen LogP contribution in [-0.4, -0.2) is 34.3 Å². The van der Waals surface area contributed by atoms with Gasteiger partial charge < -0.3 is 15.2 Å². The number of pyridine rings is 1. The highest BCUT2D eigenvalue weighted by atomic mass is 19.1. The maximum atomic E-state index is 12.9. The third kappa shape index (κ3) is 3.50. The van der Waals surface area contributed by atoms with Gasteiger partial charge in [-0.1, -0.05) is 20.8 Å². The number of ether oxygens (including phenoxy) is 1. The van der Waals surface area contributed by atoms with Crippen LogP contribution in [0.3, 0.4) is 0 Å². The average molecular weight is 296 g/mol. The first kappa shape index (κ1) is 15.7. The van der Waals surface area contributed by atoms with Crippen LogP contribution in [0, 0.1) is 11.2 Å². The van der Waals surface area contributed by atoms with E-state index in [1.54, 1.807) is 0 Å². The normalized spacial score (nSPS) is 26.4. The summed E-state index contributed by atoms with van der Waals surface area (Å²) in [6, 6.07) is 2.70. The standard InChI is InChI=1S/C15H21FN2O3/c1-14(2,3)11-8-15(13(19)20,6-7-21-11)18-12-5-4-10(16)9-17-12/h4-5,9,11H,6-8H2,1-3H3,(H,17,18)(H,19,20). The fraction of sp³-hybridized carbons (Fsp3) is 0.600. The van der Waals surface area contributed by atoms with Crippen molar-refractivity contribution in [2.45, 2.75) is 45.3 Å². The molecule has 1 aromatic rings. The van der Waals surface area contributed by atoms with E-state index in [-0.39, 0.29) is 11.5 Å². The first-order valence-electron chi connectivity index (χ1n) is 6.98. The number of carboxylic acid groups (broad SMARTS) is 1.